The topological polar surface area (TPSA) is 110 Å². The van der Waals surface area contributed by atoms with Crippen LogP contribution in [-0.2, 0) is 19.4 Å². The molecule has 0 spiro atoms. The van der Waals surface area contributed by atoms with Gasteiger partial charge < -0.3 is 15.2 Å². The van der Waals surface area contributed by atoms with Gasteiger partial charge >= 0.3 is 5.97 Å². The number of carbonyl (C=O) groups is 2. The van der Waals surface area contributed by atoms with Gasteiger partial charge in [0.05, 0.1) is 5.75 Å². The van der Waals surface area contributed by atoms with Crippen molar-refractivity contribution in [2.45, 2.75) is 46.1 Å². The SMILES string of the molecule is CCS(=O)(=O)CCC(NC(=O)COc1cc(C)ccc1C(C)C)C(=O)O. The molecule has 2 N–H and O–H groups in total. The number of rotatable bonds is 10. The first-order valence-corrected chi connectivity index (χ1v) is 10.3. The van der Waals surface area contributed by atoms with Crippen LogP contribution in [0.3, 0.4) is 0 Å². The molecule has 0 aliphatic heterocycles. The minimum atomic E-state index is -3.30. The van der Waals surface area contributed by atoms with E-state index in [4.69, 9.17) is 4.74 Å². The van der Waals surface area contributed by atoms with Crippen molar-refractivity contribution in [1.82, 2.24) is 5.32 Å². The molecule has 0 saturated carbocycles. The largest absolute Gasteiger partial charge is 0.483 e. The van der Waals surface area contributed by atoms with Crippen molar-refractivity contribution in [2.75, 3.05) is 18.1 Å². The van der Waals surface area contributed by atoms with Gasteiger partial charge in [0.2, 0.25) is 0 Å². The number of hydrogen-bond donors (Lipinski definition) is 2. The molecule has 0 saturated heterocycles. The van der Waals surface area contributed by atoms with E-state index in [2.05, 4.69) is 5.32 Å². The third-order valence-corrected chi connectivity index (χ3v) is 5.68. The van der Waals surface area contributed by atoms with Gasteiger partial charge in [-0.05, 0) is 36.5 Å². The second-order valence-corrected chi connectivity index (χ2v) is 8.94. The molecule has 1 amide bonds. The highest BCUT2D eigenvalue weighted by molar-refractivity contribution is 7.91. The van der Waals surface area contributed by atoms with Crippen LogP contribution >= 0.6 is 0 Å². The monoisotopic (exact) mass is 385 g/mol. The first-order valence-electron chi connectivity index (χ1n) is 8.51. The molecule has 26 heavy (non-hydrogen) atoms. The van der Waals surface area contributed by atoms with Crippen LogP contribution in [0.5, 0.6) is 5.75 Å². The van der Waals surface area contributed by atoms with Crippen molar-refractivity contribution in [3.05, 3.63) is 29.3 Å². The van der Waals surface area contributed by atoms with E-state index in [1.165, 1.54) is 6.92 Å². The zero-order chi connectivity index (χ0) is 19.9. The molecule has 0 aliphatic rings. The number of hydrogen-bond acceptors (Lipinski definition) is 5. The number of ether oxygens (including phenoxy) is 1. The van der Waals surface area contributed by atoms with E-state index in [1.54, 1.807) is 0 Å². The molecule has 1 rings (SSSR count). The second-order valence-electron chi connectivity index (χ2n) is 6.47. The summed E-state index contributed by atoms with van der Waals surface area (Å²) in [6.45, 7) is 7.07. The summed E-state index contributed by atoms with van der Waals surface area (Å²) in [4.78, 5) is 23.3. The predicted molar refractivity (Wildman–Crippen MR) is 99.3 cm³/mol. The minimum absolute atomic E-state index is 0.0677. The van der Waals surface area contributed by atoms with Crippen molar-refractivity contribution in [3.8, 4) is 5.75 Å². The molecule has 0 fully saturated rings. The van der Waals surface area contributed by atoms with E-state index < -0.39 is 27.8 Å². The number of sulfone groups is 1. The fraction of sp³-hybridized carbons (Fsp3) is 0.556. The molecule has 1 unspecified atom stereocenters. The lowest BCUT2D eigenvalue weighted by molar-refractivity contribution is -0.142. The van der Waals surface area contributed by atoms with Crippen LogP contribution in [-0.4, -0.2) is 49.6 Å². The fourth-order valence-electron chi connectivity index (χ4n) is 2.32. The van der Waals surface area contributed by atoms with Crippen molar-refractivity contribution in [2.24, 2.45) is 0 Å². The lowest BCUT2D eigenvalue weighted by atomic mass is 10.0. The van der Waals surface area contributed by atoms with Gasteiger partial charge in [0.15, 0.2) is 6.61 Å². The van der Waals surface area contributed by atoms with Crippen LogP contribution < -0.4 is 10.1 Å². The molecule has 0 aromatic heterocycles. The quantitative estimate of drug-likeness (QED) is 0.636. The Morgan fingerprint density at radius 3 is 2.46 bits per heavy atom. The van der Waals surface area contributed by atoms with Gasteiger partial charge in [-0.25, -0.2) is 13.2 Å². The van der Waals surface area contributed by atoms with Gasteiger partial charge in [0, 0.05) is 5.75 Å². The van der Waals surface area contributed by atoms with Crippen molar-refractivity contribution in [3.63, 3.8) is 0 Å². The molecule has 0 heterocycles. The Bertz CT molecular complexity index is 742. The number of carboxylic acids is 1. The van der Waals surface area contributed by atoms with E-state index in [9.17, 15) is 23.1 Å². The molecular weight excluding hydrogens is 358 g/mol. The van der Waals surface area contributed by atoms with E-state index >= 15 is 0 Å². The molecule has 0 bridgehead atoms. The van der Waals surface area contributed by atoms with E-state index in [0.29, 0.717) is 5.75 Å². The maximum absolute atomic E-state index is 12.0. The van der Waals surface area contributed by atoms with Gasteiger partial charge in [-0.2, -0.15) is 0 Å². The Morgan fingerprint density at radius 1 is 1.27 bits per heavy atom. The average Bonchev–Trinajstić information content (AvgIpc) is 2.56. The Labute approximate surface area is 154 Å². The lowest BCUT2D eigenvalue weighted by Gasteiger charge is -2.17. The second kappa shape index (κ2) is 9.56. The van der Waals surface area contributed by atoms with Gasteiger partial charge in [-0.3, -0.25) is 4.79 Å². The summed E-state index contributed by atoms with van der Waals surface area (Å²) in [5.74, 6) is -1.46. The summed E-state index contributed by atoms with van der Waals surface area (Å²) in [5.41, 5.74) is 1.94. The smallest absolute Gasteiger partial charge is 0.326 e. The Kier molecular flexibility index (Phi) is 8.08. The number of benzene rings is 1. The van der Waals surface area contributed by atoms with Gasteiger partial charge in [0.25, 0.3) is 5.91 Å². The highest BCUT2D eigenvalue weighted by atomic mass is 32.2. The number of aryl methyl sites for hydroxylation is 1. The zero-order valence-electron chi connectivity index (χ0n) is 15.6. The molecule has 0 aliphatic carbocycles. The fourth-order valence-corrected chi connectivity index (χ4v) is 3.21. The third kappa shape index (κ3) is 7.03. The zero-order valence-corrected chi connectivity index (χ0v) is 16.4. The molecule has 0 radical (unpaired) electrons. The first kappa shape index (κ1) is 22.0. The maximum atomic E-state index is 12.0. The van der Waals surface area contributed by atoms with Crippen LogP contribution in [0.1, 0.15) is 44.2 Å². The average molecular weight is 385 g/mol. The highest BCUT2D eigenvalue weighted by Crippen LogP contribution is 2.27. The van der Waals surface area contributed by atoms with Gasteiger partial charge in [-0.1, -0.05) is 32.9 Å². The summed E-state index contributed by atoms with van der Waals surface area (Å²) in [6, 6.07) is 4.44. The van der Waals surface area contributed by atoms with E-state index in [0.717, 1.165) is 11.1 Å². The summed E-state index contributed by atoms with van der Waals surface area (Å²) >= 11 is 0. The van der Waals surface area contributed by atoms with Crippen molar-refractivity contribution < 1.29 is 27.9 Å². The number of nitrogens with one attached hydrogen (secondary N) is 1. The molecule has 8 heteroatoms. The molecule has 7 nitrogen and oxygen atoms in total. The summed E-state index contributed by atoms with van der Waals surface area (Å²) < 4.78 is 28.6. The van der Waals surface area contributed by atoms with Crippen LogP contribution in [0.15, 0.2) is 18.2 Å². The molecule has 1 aromatic carbocycles. The van der Waals surface area contributed by atoms with Crippen molar-refractivity contribution >= 4 is 21.7 Å². The molecule has 1 atom stereocenters. The predicted octanol–water partition coefficient (Wildman–Crippen LogP) is 1.89. The van der Waals surface area contributed by atoms with Crippen LogP contribution in [0.2, 0.25) is 0 Å². The number of carbonyl (C=O) groups excluding carboxylic acids is 1. The standard InChI is InChI=1S/C18H27NO6S/c1-5-26(23,24)9-8-15(18(21)22)19-17(20)11-25-16-10-13(4)6-7-14(16)12(2)3/h6-7,10,12,15H,5,8-9,11H2,1-4H3,(H,19,20)(H,21,22). The minimum Gasteiger partial charge on any atom is -0.483 e. The number of aliphatic carboxylic acids is 1. The Balaban J connectivity index is 2.69. The van der Waals surface area contributed by atoms with Gasteiger partial charge in [0.1, 0.15) is 21.6 Å². The van der Waals surface area contributed by atoms with Crippen LogP contribution in [0, 0.1) is 6.92 Å². The Hall–Kier alpha value is -2.09. The normalized spacial score (nSPS) is 12.7. The molecular formula is C18H27NO6S. The maximum Gasteiger partial charge on any atom is 0.326 e. The highest BCUT2D eigenvalue weighted by Gasteiger charge is 2.23. The molecule has 146 valence electrons. The molecule has 1 aromatic rings. The lowest BCUT2D eigenvalue weighted by Crippen LogP contribution is -2.44. The third-order valence-electron chi connectivity index (χ3n) is 3.94. The Morgan fingerprint density at radius 2 is 1.92 bits per heavy atom. The van der Waals surface area contributed by atoms with Crippen molar-refractivity contribution in [1.29, 1.82) is 0 Å². The summed E-state index contributed by atoms with van der Waals surface area (Å²) in [5, 5.41) is 11.5. The number of amides is 1. The summed E-state index contributed by atoms with van der Waals surface area (Å²) in [6.07, 6.45) is -0.182. The number of carboxylic acid groups (broad SMARTS) is 1. The van der Waals surface area contributed by atoms with Crippen LogP contribution in [0.25, 0.3) is 0 Å². The van der Waals surface area contributed by atoms with Crippen LogP contribution in [0.4, 0.5) is 0 Å². The van der Waals surface area contributed by atoms with Gasteiger partial charge in [-0.15, -0.1) is 0 Å². The van der Waals surface area contributed by atoms with E-state index in [1.807, 2.05) is 39.0 Å². The first-order chi connectivity index (χ1) is 12.1. The van der Waals surface area contributed by atoms with E-state index in [-0.39, 0.29) is 30.5 Å². The summed E-state index contributed by atoms with van der Waals surface area (Å²) in [7, 11) is -3.30.